The molecule has 1 amide bonds. The highest BCUT2D eigenvalue weighted by Crippen LogP contribution is 2.31. The van der Waals surface area contributed by atoms with Gasteiger partial charge in [-0.2, -0.15) is 0 Å². The van der Waals surface area contributed by atoms with Crippen molar-refractivity contribution in [1.82, 2.24) is 5.32 Å². The van der Waals surface area contributed by atoms with E-state index in [1.165, 1.54) is 32.1 Å². The smallest absolute Gasteiger partial charge is 0.408 e. The Kier molecular flexibility index (Phi) is 11.3. The summed E-state index contributed by atoms with van der Waals surface area (Å²) < 4.78 is 15.3. The van der Waals surface area contributed by atoms with Gasteiger partial charge in [0.1, 0.15) is 12.1 Å². The number of hydrogen-bond acceptors (Lipinski definition) is 5. The quantitative estimate of drug-likeness (QED) is 0.399. The molecule has 1 aliphatic rings. The number of alkyl carbamates (subject to hydrolysis) is 1. The zero-order chi connectivity index (χ0) is 18.4. The normalized spacial score (nSPS) is 15.8. The summed E-state index contributed by atoms with van der Waals surface area (Å²) in [5.41, 5.74) is -0.911. The molecule has 146 valence electrons. The maximum Gasteiger partial charge on any atom is 0.408 e. The SMILES string of the molecule is CCCCCCCCCOC(=O)C1(NC(=O)OCCOC)CCCC1. The lowest BCUT2D eigenvalue weighted by Crippen LogP contribution is -2.53. The highest BCUT2D eigenvalue weighted by molar-refractivity contribution is 5.86. The van der Waals surface area contributed by atoms with Crippen molar-refractivity contribution in [3.63, 3.8) is 0 Å². The summed E-state index contributed by atoms with van der Waals surface area (Å²) in [5, 5.41) is 2.74. The summed E-state index contributed by atoms with van der Waals surface area (Å²) in [6, 6.07) is 0. The van der Waals surface area contributed by atoms with Crippen LogP contribution in [0.5, 0.6) is 0 Å². The van der Waals surface area contributed by atoms with E-state index in [2.05, 4.69) is 12.2 Å². The van der Waals surface area contributed by atoms with E-state index in [0.29, 0.717) is 26.1 Å². The fraction of sp³-hybridized carbons (Fsp3) is 0.895. The van der Waals surface area contributed by atoms with E-state index in [1.807, 2.05) is 0 Å². The van der Waals surface area contributed by atoms with Crippen LogP contribution < -0.4 is 5.32 Å². The molecule has 0 aliphatic heterocycles. The number of nitrogens with one attached hydrogen (secondary N) is 1. The summed E-state index contributed by atoms with van der Waals surface area (Å²) in [4.78, 5) is 24.4. The zero-order valence-electron chi connectivity index (χ0n) is 15.9. The first-order chi connectivity index (χ1) is 12.1. The summed E-state index contributed by atoms with van der Waals surface area (Å²) in [7, 11) is 1.54. The molecule has 1 rings (SSSR count). The molecule has 0 unspecified atom stereocenters. The maximum atomic E-state index is 12.5. The van der Waals surface area contributed by atoms with Gasteiger partial charge >= 0.3 is 12.1 Å². The van der Waals surface area contributed by atoms with Gasteiger partial charge in [-0.15, -0.1) is 0 Å². The van der Waals surface area contributed by atoms with Gasteiger partial charge in [-0.1, -0.05) is 58.3 Å². The Hall–Kier alpha value is -1.30. The van der Waals surface area contributed by atoms with Gasteiger partial charge in [0, 0.05) is 7.11 Å². The topological polar surface area (TPSA) is 73.9 Å². The highest BCUT2D eigenvalue weighted by atomic mass is 16.6. The zero-order valence-corrected chi connectivity index (χ0v) is 15.9. The second kappa shape index (κ2) is 13.0. The van der Waals surface area contributed by atoms with E-state index in [4.69, 9.17) is 14.2 Å². The molecule has 0 aromatic heterocycles. The lowest BCUT2D eigenvalue weighted by Gasteiger charge is -2.27. The highest BCUT2D eigenvalue weighted by Gasteiger charge is 2.44. The molecule has 0 aromatic rings. The van der Waals surface area contributed by atoms with Gasteiger partial charge in [0.2, 0.25) is 0 Å². The molecular formula is C19H35NO5. The fourth-order valence-corrected chi connectivity index (χ4v) is 3.17. The number of esters is 1. The van der Waals surface area contributed by atoms with Gasteiger partial charge in [0.05, 0.1) is 13.2 Å². The van der Waals surface area contributed by atoms with Crippen molar-refractivity contribution in [3.8, 4) is 0 Å². The van der Waals surface area contributed by atoms with Gasteiger partial charge in [0.25, 0.3) is 0 Å². The van der Waals surface area contributed by atoms with Crippen molar-refractivity contribution in [3.05, 3.63) is 0 Å². The van der Waals surface area contributed by atoms with E-state index < -0.39 is 11.6 Å². The molecule has 1 aliphatic carbocycles. The maximum absolute atomic E-state index is 12.5. The molecule has 0 radical (unpaired) electrons. The number of methoxy groups -OCH3 is 1. The third-order valence-electron chi connectivity index (χ3n) is 4.69. The van der Waals surface area contributed by atoms with E-state index in [1.54, 1.807) is 7.11 Å². The van der Waals surface area contributed by atoms with E-state index in [0.717, 1.165) is 25.7 Å². The van der Waals surface area contributed by atoms with Crippen LogP contribution in [0.1, 0.15) is 77.6 Å². The fourth-order valence-electron chi connectivity index (χ4n) is 3.17. The molecule has 0 bridgehead atoms. The Morgan fingerprint density at radius 3 is 2.16 bits per heavy atom. The van der Waals surface area contributed by atoms with Gasteiger partial charge in [0.15, 0.2) is 0 Å². The number of hydrogen-bond donors (Lipinski definition) is 1. The lowest BCUT2D eigenvalue weighted by molar-refractivity contribution is -0.151. The Morgan fingerprint density at radius 2 is 1.52 bits per heavy atom. The van der Waals surface area contributed by atoms with Gasteiger partial charge < -0.3 is 19.5 Å². The van der Waals surface area contributed by atoms with Crippen LogP contribution in [-0.4, -0.2) is 44.5 Å². The third-order valence-corrected chi connectivity index (χ3v) is 4.69. The molecule has 0 spiro atoms. The largest absolute Gasteiger partial charge is 0.464 e. The van der Waals surface area contributed by atoms with Crippen LogP contribution in [0.3, 0.4) is 0 Å². The van der Waals surface area contributed by atoms with Crippen LogP contribution in [0.15, 0.2) is 0 Å². The number of carbonyl (C=O) groups excluding carboxylic acids is 2. The average molecular weight is 357 g/mol. The molecule has 6 nitrogen and oxygen atoms in total. The Labute approximate surface area is 152 Å². The standard InChI is InChI=1S/C19H35NO5/c1-3-4-5-6-7-8-11-14-24-17(21)19(12-9-10-13-19)20-18(22)25-16-15-23-2/h3-16H2,1-2H3,(H,20,22). The minimum atomic E-state index is -0.911. The number of unbranched alkanes of at least 4 members (excludes halogenated alkanes) is 6. The van der Waals surface area contributed by atoms with E-state index >= 15 is 0 Å². The van der Waals surface area contributed by atoms with Crippen LogP contribution >= 0.6 is 0 Å². The summed E-state index contributed by atoms with van der Waals surface area (Å²) in [5.74, 6) is -0.320. The predicted octanol–water partition coefficient (Wildman–Crippen LogP) is 3.97. The second-order valence-electron chi connectivity index (χ2n) is 6.80. The first-order valence-corrected chi connectivity index (χ1v) is 9.75. The van der Waals surface area contributed by atoms with Crippen LogP contribution in [0.2, 0.25) is 0 Å². The summed E-state index contributed by atoms with van der Waals surface area (Å²) >= 11 is 0. The van der Waals surface area contributed by atoms with Crippen LogP contribution in [0.25, 0.3) is 0 Å². The Bertz CT molecular complexity index is 380. The number of rotatable bonds is 13. The molecule has 1 saturated carbocycles. The molecule has 0 heterocycles. The molecule has 0 saturated heterocycles. The number of ether oxygens (including phenoxy) is 3. The Balaban J connectivity index is 2.27. The van der Waals surface area contributed by atoms with Crippen molar-refractivity contribution in [2.45, 2.75) is 83.1 Å². The molecule has 0 aromatic carbocycles. The molecule has 1 fully saturated rings. The lowest BCUT2D eigenvalue weighted by atomic mass is 9.98. The first-order valence-electron chi connectivity index (χ1n) is 9.75. The summed E-state index contributed by atoms with van der Waals surface area (Å²) in [6.07, 6.45) is 10.7. The molecule has 1 N–H and O–H groups in total. The number of amides is 1. The van der Waals surface area contributed by atoms with E-state index in [-0.39, 0.29) is 12.6 Å². The van der Waals surface area contributed by atoms with Crippen LogP contribution in [0.4, 0.5) is 4.79 Å². The molecule has 6 heteroatoms. The van der Waals surface area contributed by atoms with Crippen molar-refractivity contribution >= 4 is 12.1 Å². The van der Waals surface area contributed by atoms with Gasteiger partial charge in [-0.3, -0.25) is 0 Å². The van der Waals surface area contributed by atoms with Crippen molar-refractivity contribution in [1.29, 1.82) is 0 Å². The molecular weight excluding hydrogens is 322 g/mol. The van der Waals surface area contributed by atoms with E-state index in [9.17, 15) is 9.59 Å². The van der Waals surface area contributed by atoms with Crippen molar-refractivity contribution in [2.24, 2.45) is 0 Å². The van der Waals surface area contributed by atoms with Gasteiger partial charge in [-0.05, 0) is 19.3 Å². The first kappa shape index (κ1) is 21.7. The third kappa shape index (κ3) is 8.56. The van der Waals surface area contributed by atoms with Crippen LogP contribution in [0, 0.1) is 0 Å². The monoisotopic (exact) mass is 357 g/mol. The van der Waals surface area contributed by atoms with Crippen LogP contribution in [-0.2, 0) is 19.0 Å². The minimum absolute atomic E-state index is 0.172. The second-order valence-corrected chi connectivity index (χ2v) is 6.80. The average Bonchev–Trinajstić information content (AvgIpc) is 3.07. The van der Waals surface area contributed by atoms with Gasteiger partial charge in [-0.25, -0.2) is 9.59 Å². The molecule has 25 heavy (non-hydrogen) atoms. The van der Waals surface area contributed by atoms with Crippen molar-refractivity contribution in [2.75, 3.05) is 26.9 Å². The molecule has 0 atom stereocenters. The predicted molar refractivity (Wildman–Crippen MR) is 96.5 cm³/mol. The van der Waals surface area contributed by atoms with Crippen molar-refractivity contribution < 1.29 is 23.8 Å². The minimum Gasteiger partial charge on any atom is -0.464 e. The summed E-state index contributed by atoms with van der Waals surface area (Å²) in [6.45, 7) is 3.14. The Morgan fingerprint density at radius 1 is 0.880 bits per heavy atom. The number of carbonyl (C=O) groups is 2.